The summed E-state index contributed by atoms with van der Waals surface area (Å²) in [5.74, 6) is 1.43. The highest BCUT2D eigenvalue weighted by molar-refractivity contribution is 7.99. The number of fused-ring (bicyclic) bond motifs is 1. The van der Waals surface area contributed by atoms with Gasteiger partial charge in [0.05, 0.1) is 29.9 Å². The van der Waals surface area contributed by atoms with Gasteiger partial charge in [-0.1, -0.05) is 24.8 Å². The van der Waals surface area contributed by atoms with Crippen molar-refractivity contribution in [3.8, 4) is 5.88 Å². The number of methoxy groups -OCH3 is 1. The molecule has 1 atom stereocenters. The van der Waals surface area contributed by atoms with E-state index in [1.54, 1.807) is 18.9 Å². The summed E-state index contributed by atoms with van der Waals surface area (Å²) in [6, 6.07) is 7.70. The second-order valence-electron chi connectivity index (χ2n) is 6.86. The topological polar surface area (TPSA) is 64.4 Å². The van der Waals surface area contributed by atoms with Gasteiger partial charge in [-0.25, -0.2) is 4.98 Å². The van der Waals surface area contributed by atoms with Gasteiger partial charge in [0.15, 0.2) is 10.5 Å². The van der Waals surface area contributed by atoms with Crippen molar-refractivity contribution >= 4 is 28.4 Å². The quantitative estimate of drug-likeness (QED) is 0.560. The fourth-order valence-corrected chi connectivity index (χ4v) is 3.97. The van der Waals surface area contributed by atoms with Crippen molar-refractivity contribution in [3.05, 3.63) is 56.9 Å². The third kappa shape index (κ3) is 3.87. The number of pyridine rings is 1. The summed E-state index contributed by atoms with van der Waals surface area (Å²) in [6.07, 6.45) is 0. The Morgan fingerprint density at radius 3 is 2.64 bits per heavy atom. The summed E-state index contributed by atoms with van der Waals surface area (Å²) in [4.78, 5) is 17.3. The third-order valence-electron chi connectivity index (χ3n) is 4.73. The van der Waals surface area contributed by atoms with Gasteiger partial charge < -0.3 is 14.5 Å². The van der Waals surface area contributed by atoms with Gasteiger partial charge in [0.2, 0.25) is 5.88 Å². The van der Waals surface area contributed by atoms with E-state index in [4.69, 9.17) is 9.15 Å². The fourth-order valence-electron chi connectivity index (χ4n) is 3.25. The Hall–Kier alpha value is -2.47. The van der Waals surface area contributed by atoms with Crippen molar-refractivity contribution in [1.29, 1.82) is 0 Å². The molecule has 2 aromatic heterocycles. The Bertz CT molecular complexity index is 1080. The number of nitrogens with zero attached hydrogens (tertiary/aromatic N) is 1. The Morgan fingerprint density at radius 2 is 2.00 bits per heavy atom. The lowest BCUT2D eigenvalue weighted by molar-refractivity contribution is 0.397. The minimum absolute atomic E-state index is 0.0386. The largest absolute Gasteiger partial charge is 0.481 e. The molecule has 1 unspecified atom stereocenters. The first kappa shape index (κ1) is 20.3. The zero-order valence-corrected chi connectivity index (χ0v) is 18.0. The molecule has 0 amide bonds. The minimum Gasteiger partial charge on any atom is -0.481 e. The van der Waals surface area contributed by atoms with E-state index in [9.17, 15) is 4.79 Å². The summed E-state index contributed by atoms with van der Waals surface area (Å²) < 4.78 is 11.4. The Balaban J connectivity index is 2.09. The van der Waals surface area contributed by atoms with Crippen LogP contribution in [0, 0.1) is 20.8 Å². The van der Waals surface area contributed by atoms with Crippen LogP contribution >= 0.6 is 11.8 Å². The maximum absolute atomic E-state index is 12.9. The highest BCUT2D eigenvalue weighted by Crippen LogP contribution is 2.32. The normalized spacial score (nSPS) is 12.2. The molecule has 0 fully saturated rings. The Labute approximate surface area is 169 Å². The second kappa shape index (κ2) is 8.27. The molecule has 28 heavy (non-hydrogen) atoms. The van der Waals surface area contributed by atoms with Gasteiger partial charge in [0.1, 0.15) is 5.58 Å². The average molecular weight is 399 g/mol. The lowest BCUT2D eigenvalue weighted by atomic mass is 10.0. The molecule has 0 spiro atoms. The summed E-state index contributed by atoms with van der Waals surface area (Å²) in [7, 11) is 1.60. The number of aryl methyl sites for hydroxylation is 2. The fraction of sp³-hybridized carbons (Fsp3) is 0.364. The standard InChI is InChI=1S/C22H26N2O3S/c1-7-28-22-13(3)20(25)17-11-12(2)10-16(21(17)27-22)14(4)23-18-8-9-19(26-6)24-15(18)5/h8-11,14,23H,7H2,1-6H3. The highest BCUT2D eigenvalue weighted by atomic mass is 32.2. The molecule has 0 aliphatic heterocycles. The molecule has 3 rings (SSSR count). The molecule has 5 nitrogen and oxygen atoms in total. The van der Waals surface area contributed by atoms with E-state index in [2.05, 4.69) is 23.3 Å². The molecule has 1 N–H and O–H groups in total. The number of hydrogen-bond acceptors (Lipinski definition) is 6. The molecule has 0 aliphatic rings. The first-order valence-electron chi connectivity index (χ1n) is 9.34. The van der Waals surface area contributed by atoms with E-state index < -0.39 is 0 Å². The molecule has 3 aromatic rings. The molecule has 2 heterocycles. The monoisotopic (exact) mass is 398 g/mol. The van der Waals surface area contributed by atoms with Crippen molar-refractivity contribution < 1.29 is 9.15 Å². The molecule has 0 saturated carbocycles. The van der Waals surface area contributed by atoms with Crippen molar-refractivity contribution in [2.45, 2.75) is 45.8 Å². The van der Waals surface area contributed by atoms with Gasteiger partial charge in [-0.15, -0.1) is 0 Å². The van der Waals surface area contributed by atoms with E-state index in [1.165, 1.54) is 0 Å². The number of aromatic nitrogens is 1. The van der Waals surface area contributed by atoms with Crippen molar-refractivity contribution in [1.82, 2.24) is 4.98 Å². The van der Waals surface area contributed by atoms with Crippen LogP contribution in [-0.4, -0.2) is 17.8 Å². The number of rotatable bonds is 6. The first-order chi connectivity index (χ1) is 13.3. The van der Waals surface area contributed by atoms with Crippen LogP contribution in [0.3, 0.4) is 0 Å². The summed E-state index contributed by atoms with van der Waals surface area (Å²) >= 11 is 1.56. The van der Waals surface area contributed by atoms with Crippen LogP contribution in [0.15, 0.2) is 38.6 Å². The molecule has 0 aliphatic carbocycles. The van der Waals surface area contributed by atoms with Crippen LogP contribution in [0.5, 0.6) is 5.88 Å². The van der Waals surface area contributed by atoms with Crippen molar-refractivity contribution in [2.75, 3.05) is 18.2 Å². The first-order valence-corrected chi connectivity index (χ1v) is 10.3. The maximum atomic E-state index is 12.9. The number of ether oxygens (including phenoxy) is 1. The molecular weight excluding hydrogens is 372 g/mol. The van der Waals surface area contributed by atoms with Crippen molar-refractivity contribution in [3.63, 3.8) is 0 Å². The lowest BCUT2D eigenvalue weighted by Gasteiger charge is -2.19. The van der Waals surface area contributed by atoms with Crippen LogP contribution in [0.25, 0.3) is 11.0 Å². The van der Waals surface area contributed by atoms with Crippen LogP contribution in [0.4, 0.5) is 5.69 Å². The highest BCUT2D eigenvalue weighted by Gasteiger charge is 2.18. The van der Waals surface area contributed by atoms with E-state index in [0.717, 1.165) is 28.3 Å². The predicted molar refractivity (Wildman–Crippen MR) is 116 cm³/mol. The third-order valence-corrected chi connectivity index (χ3v) is 5.67. The van der Waals surface area contributed by atoms with Crippen molar-refractivity contribution in [2.24, 2.45) is 0 Å². The zero-order chi connectivity index (χ0) is 20.4. The molecule has 6 heteroatoms. The Morgan fingerprint density at radius 1 is 1.25 bits per heavy atom. The maximum Gasteiger partial charge on any atom is 0.213 e. The van der Waals surface area contributed by atoms with Gasteiger partial charge in [-0.05, 0) is 51.1 Å². The SMILES string of the molecule is CCSc1oc2c(C(C)Nc3ccc(OC)nc3C)cc(C)cc2c(=O)c1C. The van der Waals surface area contributed by atoms with Crippen LogP contribution in [0.2, 0.25) is 0 Å². The number of benzene rings is 1. The summed E-state index contributed by atoms with van der Waals surface area (Å²) in [5, 5.41) is 4.82. The molecule has 0 radical (unpaired) electrons. The zero-order valence-electron chi connectivity index (χ0n) is 17.2. The molecule has 0 saturated heterocycles. The predicted octanol–water partition coefficient (Wildman–Crippen LogP) is 5.41. The van der Waals surface area contributed by atoms with Gasteiger partial charge >= 0.3 is 0 Å². The summed E-state index contributed by atoms with van der Waals surface area (Å²) in [5.41, 5.74) is 5.12. The molecular formula is C22H26N2O3S. The number of nitrogens with one attached hydrogen (secondary N) is 1. The van der Waals surface area contributed by atoms with Gasteiger partial charge in [0.25, 0.3) is 0 Å². The molecule has 1 aromatic carbocycles. The second-order valence-corrected chi connectivity index (χ2v) is 8.10. The van der Waals surface area contributed by atoms with E-state index in [-0.39, 0.29) is 11.5 Å². The van der Waals surface area contributed by atoms with Gasteiger partial charge in [-0.3, -0.25) is 4.79 Å². The van der Waals surface area contributed by atoms with E-state index in [0.29, 0.717) is 27.5 Å². The van der Waals surface area contributed by atoms with Gasteiger partial charge in [-0.2, -0.15) is 0 Å². The van der Waals surface area contributed by atoms with Crippen LogP contribution < -0.4 is 15.5 Å². The smallest absolute Gasteiger partial charge is 0.213 e. The van der Waals surface area contributed by atoms with Crippen LogP contribution in [0.1, 0.15) is 42.3 Å². The number of thioether (sulfide) groups is 1. The molecule has 148 valence electrons. The summed E-state index contributed by atoms with van der Waals surface area (Å²) in [6.45, 7) is 9.88. The average Bonchev–Trinajstić information content (AvgIpc) is 2.67. The minimum atomic E-state index is -0.0679. The lowest BCUT2D eigenvalue weighted by Crippen LogP contribution is -2.13. The molecule has 0 bridgehead atoms. The Kier molecular flexibility index (Phi) is 5.98. The van der Waals surface area contributed by atoms with Crippen LogP contribution in [-0.2, 0) is 0 Å². The van der Waals surface area contributed by atoms with Gasteiger partial charge in [0, 0.05) is 17.2 Å². The van der Waals surface area contributed by atoms with E-state index >= 15 is 0 Å². The number of anilines is 1. The number of hydrogen-bond donors (Lipinski definition) is 1. The van der Waals surface area contributed by atoms with E-state index in [1.807, 2.05) is 45.9 Å².